The van der Waals surface area contributed by atoms with Gasteiger partial charge in [0.1, 0.15) is 5.02 Å². The van der Waals surface area contributed by atoms with Crippen molar-refractivity contribution in [1.82, 2.24) is 9.78 Å². The Balaban J connectivity index is 2.00. The van der Waals surface area contributed by atoms with Gasteiger partial charge >= 0.3 is 0 Å². The molecule has 17 heavy (non-hydrogen) atoms. The van der Waals surface area contributed by atoms with Crippen LogP contribution in [-0.2, 0) is 13.5 Å². The Bertz CT molecular complexity index is 550. The fraction of sp³-hybridized carbons (Fsp3) is 0.273. The van der Waals surface area contributed by atoms with Gasteiger partial charge in [0.2, 0.25) is 0 Å². The molecule has 0 aliphatic rings. The van der Waals surface area contributed by atoms with E-state index in [1.54, 1.807) is 24.6 Å². The van der Waals surface area contributed by atoms with Crippen molar-refractivity contribution >= 4 is 28.6 Å². The number of hydrogen-bond acceptors (Lipinski definition) is 4. The van der Waals surface area contributed by atoms with Crippen LogP contribution in [-0.4, -0.2) is 16.3 Å². The van der Waals surface area contributed by atoms with E-state index < -0.39 is 0 Å². The van der Waals surface area contributed by atoms with Crippen LogP contribution >= 0.6 is 22.9 Å². The van der Waals surface area contributed by atoms with E-state index in [4.69, 9.17) is 11.6 Å². The monoisotopic (exact) mass is 269 g/mol. The van der Waals surface area contributed by atoms with Crippen LogP contribution in [0.3, 0.4) is 0 Å². The molecule has 0 atom stereocenters. The molecule has 4 nitrogen and oxygen atoms in total. The summed E-state index contributed by atoms with van der Waals surface area (Å²) in [4.78, 5) is 12.8. The highest BCUT2D eigenvalue weighted by atomic mass is 35.5. The SMILES string of the molecule is Cn1ncc(NCCc2cccs2)c(Cl)c1=O. The van der Waals surface area contributed by atoms with Gasteiger partial charge in [0.25, 0.3) is 5.56 Å². The van der Waals surface area contributed by atoms with Gasteiger partial charge in [-0.25, -0.2) is 4.68 Å². The normalized spacial score (nSPS) is 10.5. The number of nitrogens with zero attached hydrogens (tertiary/aromatic N) is 2. The fourth-order valence-corrected chi connectivity index (χ4v) is 2.36. The molecule has 0 spiro atoms. The molecule has 0 saturated carbocycles. The van der Waals surface area contributed by atoms with Crippen molar-refractivity contribution in [3.05, 3.63) is 44.0 Å². The van der Waals surface area contributed by atoms with Crippen LogP contribution in [0.25, 0.3) is 0 Å². The maximum Gasteiger partial charge on any atom is 0.287 e. The number of rotatable bonds is 4. The first-order valence-electron chi connectivity index (χ1n) is 5.16. The summed E-state index contributed by atoms with van der Waals surface area (Å²) in [7, 11) is 1.57. The van der Waals surface area contributed by atoms with E-state index >= 15 is 0 Å². The summed E-state index contributed by atoms with van der Waals surface area (Å²) in [5.74, 6) is 0. The van der Waals surface area contributed by atoms with Gasteiger partial charge in [-0.2, -0.15) is 5.10 Å². The van der Waals surface area contributed by atoms with Crippen LogP contribution in [0.2, 0.25) is 5.02 Å². The maximum atomic E-state index is 11.5. The highest BCUT2D eigenvalue weighted by Crippen LogP contribution is 2.15. The van der Waals surface area contributed by atoms with Crippen LogP contribution in [0.15, 0.2) is 28.5 Å². The summed E-state index contributed by atoms with van der Waals surface area (Å²) in [6.45, 7) is 0.731. The molecule has 6 heteroatoms. The molecule has 2 heterocycles. The van der Waals surface area contributed by atoms with Crippen LogP contribution < -0.4 is 10.9 Å². The summed E-state index contributed by atoms with van der Waals surface area (Å²) in [6.07, 6.45) is 2.47. The molecule has 0 radical (unpaired) electrons. The van der Waals surface area contributed by atoms with Crippen molar-refractivity contribution in [1.29, 1.82) is 0 Å². The first-order valence-corrected chi connectivity index (χ1v) is 6.42. The zero-order chi connectivity index (χ0) is 12.3. The van der Waals surface area contributed by atoms with Crippen molar-refractivity contribution in [2.24, 2.45) is 7.05 Å². The van der Waals surface area contributed by atoms with Gasteiger partial charge in [0.05, 0.1) is 11.9 Å². The standard InChI is InChI=1S/C11H12ClN3OS/c1-15-11(16)10(12)9(7-14-15)13-5-4-8-3-2-6-17-8/h2-3,6-7,13H,4-5H2,1H3. The molecular weight excluding hydrogens is 258 g/mol. The topological polar surface area (TPSA) is 46.9 Å². The number of aromatic nitrogens is 2. The van der Waals surface area contributed by atoms with Gasteiger partial charge in [-0.15, -0.1) is 11.3 Å². The lowest BCUT2D eigenvalue weighted by Crippen LogP contribution is -2.21. The molecule has 0 aliphatic carbocycles. The molecule has 0 aromatic carbocycles. The quantitative estimate of drug-likeness (QED) is 0.925. The van der Waals surface area contributed by atoms with E-state index in [9.17, 15) is 4.79 Å². The summed E-state index contributed by atoms with van der Waals surface area (Å²) in [6, 6.07) is 4.10. The smallest absolute Gasteiger partial charge is 0.287 e. The molecular formula is C11H12ClN3OS. The molecule has 2 aromatic heterocycles. The van der Waals surface area contributed by atoms with E-state index in [2.05, 4.69) is 16.5 Å². The zero-order valence-corrected chi connectivity index (χ0v) is 10.9. The predicted molar refractivity (Wildman–Crippen MR) is 71.0 cm³/mol. The summed E-state index contributed by atoms with van der Waals surface area (Å²) in [5.41, 5.74) is 0.305. The molecule has 1 N–H and O–H groups in total. The van der Waals surface area contributed by atoms with Crippen LogP contribution in [0.4, 0.5) is 5.69 Å². The number of hydrogen-bond donors (Lipinski definition) is 1. The minimum Gasteiger partial charge on any atom is -0.382 e. The number of halogens is 1. The van der Waals surface area contributed by atoms with Crippen molar-refractivity contribution < 1.29 is 0 Å². The van der Waals surface area contributed by atoms with Crippen molar-refractivity contribution in [2.45, 2.75) is 6.42 Å². The van der Waals surface area contributed by atoms with Gasteiger partial charge in [-0.05, 0) is 17.9 Å². The number of thiophene rings is 1. The molecule has 0 saturated heterocycles. The highest BCUT2D eigenvalue weighted by Gasteiger charge is 2.06. The van der Waals surface area contributed by atoms with Gasteiger partial charge < -0.3 is 5.32 Å². The average molecular weight is 270 g/mol. The highest BCUT2D eigenvalue weighted by molar-refractivity contribution is 7.09. The third-order valence-corrected chi connectivity index (χ3v) is 3.65. The lowest BCUT2D eigenvalue weighted by molar-refractivity contribution is 0.708. The van der Waals surface area contributed by atoms with E-state index in [-0.39, 0.29) is 10.6 Å². The minimum absolute atomic E-state index is 0.189. The molecule has 2 aromatic rings. The summed E-state index contributed by atoms with van der Waals surface area (Å²) >= 11 is 7.64. The van der Waals surface area contributed by atoms with Gasteiger partial charge in [0, 0.05) is 18.5 Å². The average Bonchev–Trinajstić information content (AvgIpc) is 2.82. The van der Waals surface area contributed by atoms with E-state index in [0.717, 1.165) is 13.0 Å². The Labute approximate surface area is 108 Å². The lowest BCUT2D eigenvalue weighted by atomic mass is 10.3. The largest absolute Gasteiger partial charge is 0.382 e. The Morgan fingerprint density at radius 3 is 3.12 bits per heavy atom. The Morgan fingerprint density at radius 2 is 2.41 bits per heavy atom. The second-order valence-corrected chi connectivity index (χ2v) is 4.97. The van der Waals surface area contributed by atoms with Crippen molar-refractivity contribution in [3.63, 3.8) is 0 Å². The number of anilines is 1. The van der Waals surface area contributed by atoms with Gasteiger partial charge in [0.15, 0.2) is 0 Å². The number of nitrogens with one attached hydrogen (secondary N) is 1. The molecule has 90 valence electrons. The van der Waals surface area contributed by atoms with Crippen molar-refractivity contribution in [3.8, 4) is 0 Å². The Morgan fingerprint density at radius 1 is 1.59 bits per heavy atom. The molecule has 0 unspecified atom stereocenters. The van der Waals surface area contributed by atoms with Crippen molar-refractivity contribution in [2.75, 3.05) is 11.9 Å². The Kier molecular flexibility index (Phi) is 3.81. The molecule has 2 rings (SSSR count). The minimum atomic E-state index is -0.284. The van der Waals surface area contributed by atoms with Gasteiger partial charge in [-0.3, -0.25) is 4.79 Å². The molecule has 0 fully saturated rings. The number of aryl methyl sites for hydroxylation is 1. The summed E-state index contributed by atoms with van der Waals surface area (Å²) < 4.78 is 1.22. The first-order chi connectivity index (χ1) is 8.18. The molecule has 0 aliphatic heterocycles. The maximum absolute atomic E-state index is 11.5. The molecule has 0 amide bonds. The third-order valence-electron chi connectivity index (χ3n) is 2.35. The second-order valence-electron chi connectivity index (χ2n) is 3.56. The zero-order valence-electron chi connectivity index (χ0n) is 9.31. The van der Waals surface area contributed by atoms with E-state index in [0.29, 0.717) is 5.69 Å². The summed E-state index contributed by atoms with van der Waals surface area (Å²) in [5, 5.41) is 9.27. The van der Waals surface area contributed by atoms with Gasteiger partial charge in [-0.1, -0.05) is 17.7 Å². The van der Waals surface area contributed by atoms with Crippen LogP contribution in [0.1, 0.15) is 4.88 Å². The fourth-order valence-electron chi connectivity index (χ4n) is 1.41. The molecule has 0 bridgehead atoms. The van der Waals surface area contributed by atoms with E-state index in [1.165, 1.54) is 9.56 Å². The third kappa shape index (κ3) is 2.87. The van der Waals surface area contributed by atoms with Crippen LogP contribution in [0, 0.1) is 0 Å². The van der Waals surface area contributed by atoms with Crippen LogP contribution in [0.5, 0.6) is 0 Å². The second kappa shape index (κ2) is 5.33. The predicted octanol–water partition coefficient (Wildman–Crippen LogP) is 2.15. The Hall–Kier alpha value is -1.33. The van der Waals surface area contributed by atoms with E-state index in [1.807, 2.05) is 11.4 Å². The lowest BCUT2D eigenvalue weighted by Gasteiger charge is -2.07. The first kappa shape index (κ1) is 12.1.